The Labute approximate surface area is 129 Å². The predicted molar refractivity (Wildman–Crippen MR) is 82.6 cm³/mol. The van der Waals surface area contributed by atoms with Crippen LogP contribution in [0.15, 0.2) is 53.4 Å². The minimum atomic E-state index is -3.72. The first-order valence-electron chi connectivity index (χ1n) is 6.40. The largest absolute Gasteiger partial charge is 0.392 e. The van der Waals surface area contributed by atoms with Crippen LogP contribution in [0.25, 0.3) is 0 Å². The van der Waals surface area contributed by atoms with Crippen molar-refractivity contribution in [3.8, 4) is 0 Å². The van der Waals surface area contributed by atoms with Crippen LogP contribution in [0.5, 0.6) is 0 Å². The standard InChI is InChI=1S/C15H16ClNO3S/c1-11(12-6-4-7-14(16)9-12)17-21(19,20)15-8-3-2-5-13(15)10-18/h2-9,11,17-18H,10H2,1H3. The van der Waals surface area contributed by atoms with Crippen molar-refractivity contribution in [2.24, 2.45) is 0 Å². The molecule has 0 radical (unpaired) electrons. The third-order valence-electron chi connectivity index (χ3n) is 3.11. The van der Waals surface area contributed by atoms with Crippen molar-refractivity contribution in [2.75, 3.05) is 0 Å². The lowest BCUT2D eigenvalue weighted by atomic mass is 10.1. The summed E-state index contributed by atoms with van der Waals surface area (Å²) in [4.78, 5) is 0.0846. The first-order chi connectivity index (χ1) is 9.94. The molecule has 1 atom stereocenters. The molecule has 4 nitrogen and oxygen atoms in total. The molecular formula is C15H16ClNO3S. The van der Waals surface area contributed by atoms with Crippen LogP contribution in [-0.4, -0.2) is 13.5 Å². The molecule has 2 aromatic rings. The predicted octanol–water partition coefficient (Wildman–Crippen LogP) is 2.87. The van der Waals surface area contributed by atoms with Crippen molar-refractivity contribution in [3.63, 3.8) is 0 Å². The Morgan fingerprint density at radius 1 is 1.19 bits per heavy atom. The van der Waals surface area contributed by atoms with Crippen molar-refractivity contribution in [1.82, 2.24) is 4.72 Å². The van der Waals surface area contributed by atoms with Crippen LogP contribution in [-0.2, 0) is 16.6 Å². The average molecular weight is 326 g/mol. The maximum Gasteiger partial charge on any atom is 0.241 e. The molecule has 0 spiro atoms. The van der Waals surface area contributed by atoms with Gasteiger partial charge in [0.15, 0.2) is 0 Å². The third kappa shape index (κ3) is 3.83. The van der Waals surface area contributed by atoms with Gasteiger partial charge in [0, 0.05) is 11.1 Å². The Morgan fingerprint density at radius 2 is 1.90 bits per heavy atom. The van der Waals surface area contributed by atoms with Crippen LogP contribution in [0.2, 0.25) is 5.02 Å². The SMILES string of the molecule is CC(NS(=O)(=O)c1ccccc1CO)c1cccc(Cl)c1. The zero-order valence-electron chi connectivity index (χ0n) is 11.5. The van der Waals surface area contributed by atoms with Gasteiger partial charge in [-0.3, -0.25) is 0 Å². The van der Waals surface area contributed by atoms with Crippen molar-refractivity contribution in [2.45, 2.75) is 24.5 Å². The number of aliphatic hydroxyl groups excluding tert-OH is 1. The van der Waals surface area contributed by atoms with Crippen molar-refractivity contribution >= 4 is 21.6 Å². The lowest BCUT2D eigenvalue weighted by molar-refractivity contribution is 0.278. The number of rotatable bonds is 5. The number of benzene rings is 2. The van der Waals surface area contributed by atoms with Gasteiger partial charge in [0.1, 0.15) is 0 Å². The molecule has 0 saturated carbocycles. The Bertz CT molecular complexity index is 731. The molecule has 2 rings (SSSR count). The summed E-state index contributed by atoms with van der Waals surface area (Å²) in [6.45, 7) is 1.41. The summed E-state index contributed by atoms with van der Waals surface area (Å²) in [5, 5.41) is 9.81. The van der Waals surface area contributed by atoms with Crippen LogP contribution in [0, 0.1) is 0 Å². The molecule has 112 valence electrons. The van der Waals surface area contributed by atoms with E-state index in [1.54, 1.807) is 49.4 Å². The molecule has 2 N–H and O–H groups in total. The second-order valence-corrected chi connectivity index (χ2v) is 6.78. The number of hydrogen-bond donors (Lipinski definition) is 2. The first-order valence-corrected chi connectivity index (χ1v) is 8.26. The quantitative estimate of drug-likeness (QED) is 0.888. The van der Waals surface area contributed by atoms with E-state index in [9.17, 15) is 13.5 Å². The fraction of sp³-hybridized carbons (Fsp3) is 0.200. The van der Waals surface area contributed by atoms with Crippen LogP contribution >= 0.6 is 11.6 Å². The second kappa shape index (κ2) is 6.58. The van der Waals surface area contributed by atoms with E-state index in [4.69, 9.17) is 11.6 Å². The molecule has 6 heteroatoms. The summed E-state index contributed by atoms with van der Waals surface area (Å²) in [5.41, 5.74) is 1.14. The number of nitrogens with one attached hydrogen (secondary N) is 1. The van der Waals surface area contributed by atoms with Gasteiger partial charge in [0.2, 0.25) is 10.0 Å². The Balaban J connectivity index is 2.29. The highest BCUT2D eigenvalue weighted by Crippen LogP contribution is 2.21. The smallest absolute Gasteiger partial charge is 0.241 e. The van der Waals surface area contributed by atoms with Crippen molar-refractivity contribution < 1.29 is 13.5 Å². The monoisotopic (exact) mass is 325 g/mol. The highest BCUT2D eigenvalue weighted by Gasteiger charge is 2.21. The van der Waals surface area contributed by atoms with E-state index in [1.807, 2.05) is 0 Å². The van der Waals surface area contributed by atoms with E-state index in [1.165, 1.54) is 6.07 Å². The van der Waals surface area contributed by atoms with Crippen LogP contribution in [0.3, 0.4) is 0 Å². The maximum absolute atomic E-state index is 12.4. The third-order valence-corrected chi connectivity index (χ3v) is 4.99. The van der Waals surface area contributed by atoms with Crippen LogP contribution < -0.4 is 4.72 Å². The fourth-order valence-corrected chi connectivity index (χ4v) is 3.70. The summed E-state index contributed by atoms with van der Waals surface area (Å²) < 4.78 is 27.4. The average Bonchev–Trinajstić information content (AvgIpc) is 2.46. The highest BCUT2D eigenvalue weighted by molar-refractivity contribution is 7.89. The van der Waals surface area contributed by atoms with Gasteiger partial charge < -0.3 is 5.11 Å². The van der Waals surface area contributed by atoms with Crippen molar-refractivity contribution in [1.29, 1.82) is 0 Å². The van der Waals surface area contributed by atoms with Crippen LogP contribution in [0.4, 0.5) is 0 Å². The number of sulfonamides is 1. The summed E-state index contributed by atoms with van der Waals surface area (Å²) in [6, 6.07) is 12.9. The molecule has 21 heavy (non-hydrogen) atoms. The minimum absolute atomic E-state index is 0.0846. The Hall–Kier alpha value is -1.40. The topological polar surface area (TPSA) is 66.4 Å². The van der Waals surface area contributed by atoms with Gasteiger partial charge in [-0.25, -0.2) is 13.1 Å². The van der Waals surface area contributed by atoms with E-state index >= 15 is 0 Å². The Kier molecular flexibility index (Phi) is 5.00. The normalized spacial score (nSPS) is 13.1. The molecule has 0 saturated heterocycles. The molecule has 0 aliphatic carbocycles. The molecule has 1 unspecified atom stereocenters. The first kappa shape index (κ1) is 16.0. The van der Waals surface area contributed by atoms with Gasteiger partial charge in [0.25, 0.3) is 0 Å². The van der Waals surface area contributed by atoms with Crippen molar-refractivity contribution in [3.05, 3.63) is 64.7 Å². The maximum atomic E-state index is 12.4. The van der Waals surface area contributed by atoms with E-state index in [0.29, 0.717) is 10.6 Å². The number of hydrogen-bond acceptors (Lipinski definition) is 3. The van der Waals surface area contributed by atoms with Gasteiger partial charge >= 0.3 is 0 Å². The molecule has 0 fully saturated rings. The summed E-state index contributed by atoms with van der Waals surface area (Å²) in [5.74, 6) is 0. The second-order valence-electron chi connectivity index (χ2n) is 4.66. The van der Waals surface area contributed by atoms with E-state index in [0.717, 1.165) is 5.56 Å². The zero-order chi connectivity index (χ0) is 15.5. The van der Waals surface area contributed by atoms with Gasteiger partial charge in [-0.1, -0.05) is 41.9 Å². The van der Waals surface area contributed by atoms with Gasteiger partial charge in [-0.05, 0) is 36.2 Å². The number of halogens is 1. The fourth-order valence-electron chi connectivity index (χ4n) is 2.04. The molecule has 0 aliphatic rings. The lowest BCUT2D eigenvalue weighted by Crippen LogP contribution is -2.27. The summed E-state index contributed by atoms with van der Waals surface area (Å²) >= 11 is 5.91. The summed E-state index contributed by atoms with van der Waals surface area (Å²) in [6.07, 6.45) is 0. The van der Waals surface area contributed by atoms with E-state index in [-0.39, 0.29) is 11.5 Å². The zero-order valence-corrected chi connectivity index (χ0v) is 13.0. The molecular weight excluding hydrogens is 310 g/mol. The van der Waals surface area contributed by atoms with E-state index in [2.05, 4.69) is 4.72 Å². The molecule has 0 bridgehead atoms. The molecule has 0 aromatic heterocycles. The van der Waals surface area contributed by atoms with E-state index < -0.39 is 16.1 Å². The van der Waals surface area contributed by atoms with Crippen LogP contribution in [0.1, 0.15) is 24.1 Å². The Morgan fingerprint density at radius 3 is 2.57 bits per heavy atom. The van der Waals surface area contributed by atoms with Gasteiger partial charge in [-0.2, -0.15) is 0 Å². The molecule has 0 amide bonds. The lowest BCUT2D eigenvalue weighted by Gasteiger charge is -2.16. The minimum Gasteiger partial charge on any atom is -0.392 e. The molecule has 2 aromatic carbocycles. The van der Waals surface area contributed by atoms with Gasteiger partial charge in [-0.15, -0.1) is 0 Å². The number of aliphatic hydroxyl groups is 1. The van der Waals surface area contributed by atoms with Gasteiger partial charge in [0.05, 0.1) is 11.5 Å². The summed E-state index contributed by atoms with van der Waals surface area (Å²) in [7, 11) is -3.72. The highest BCUT2D eigenvalue weighted by atomic mass is 35.5. The molecule has 0 aliphatic heterocycles. The molecule has 0 heterocycles.